The minimum atomic E-state index is 0.378. The van der Waals surface area contributed by atoms with Crippen molar-refractivity contribution in [1.82, 2.24) is 10.2 Å². The van der Waals surface area contributed by atoms with E-state index in [1.165, 1.54) is 0 Å². The number of rotatable bonds is 5. The van der Waals surface area contributed by atoms with E-state index in [9.17, 15) is 4.79 Å². The number of nitrogens with one attached hydrogen (secondary N) is 1. The maximum atomic E-state index is 10.0. The van der Waals surface area contributed by atoms with Crippen LogP contribution in [0.5, 0.6) is 0 Å². The highest BCUT2D eigenvalue weighted by atomic mass is 16.5. The Hall–Kier alpha value is -2.10. The lowest BCUT2D eigenvalue weighted by molar-refractivity contribution is -0.128. The molecule has 0 aliphatic rings. The van der Waals surface area contributed by atoms with Gasteiger partial charge in [-0.1, -0.05) is 30.3 Å². The Morgan fingerprint density at radius 3 is 2.88 bits per heavy atom. The van der Waals surface area contributed by atoms with E-state index in [2.05, 4.69) is 14.9 Å². The molecule has 16 heavy (non-hydrogen) atoms. The van der Waals surface area contributed by atoms with Gasteiger partial charge in [-0.25, -0.2) is 0 Å². The predicted molar refractivity (Wildman–Crippen MR) is 59.7 cm³/mol. The van der Waals surface area contributed by atoms with Gasteiger partial charge in [-0.15, -0.1) is 0 Å². The van der Waals surface area contributed by atoms with E-state index in [0.29, 0.717) is 19.5 Å². The SMILES string of the molecule is O=COCCc1cn[nH]c1-c1ccccc1. The average molecular weight is 216 g/mol. The van der Waals surface area contributed by atoms with Gasteiger partial charge in [-0.05, 0) is 5.56 Å². The van der Waals surface area contributed by atoms with Crippen LogP contribution in [0.1, 0.15) is 5.56 Å². The van der Waals surface area contributed by atoms with Crippen LogP contribution in [0.4, 0.5) is 0 Å². The number of aromatic nitrogens is 2. The second-order valence-electron chi connectivity index (χ2n) is 3.35. The molecule has 0 bridgehead atoms. The summed E-state index contributed by atoms with van der Waals surface area (Å²) in [5.74, 6) is 0. The number of H-pyrrole nitrogens is 1. The third kappa shape index (κ3) is 2.28. The second-order valence-corrected chi connectivity index (χ2v) is 3.35. The van der Waals surface area contributed by atoms with Crippen molar-refractivity contribution in [3.63, 3.8) is 0 Å². The summed E-state index contributed by atoms with van der Waals surface area (Å²) in [5.41, 5.74) is 3.12. The molecule has 0 amide bonds. The maximum absolute atomic E-state index is 10.0. The summed E-state index contributed by atoms with van der Waals surface area (Å²) in [6.45, 7) is 0.838. The zero-order valence-electron chi connectivity index (χ0n) is 8.72. The zero-order valence-corrected chi connectivity index (χ0v) is 8.72. The Kier molecular flexibility index (Phi) is 3.33. The molecule has 1 aromatic carbocycles. The molecule has 82 valence electrons. The number of ether oxygens (including phenoxy) is 1. The Bertz CT molecular complexity index is 451. The molecule has 0 spiro atoms. The van der Waals surface area contributed by atoms with E-state index >= 15 is 0 Å². The van der Waals surface area contributed by atoms with Gasteiger partial charge in [0.05, 0.1) is 18.5 Å². The number of carbonyl (C=O) groups is 1. The molecule has 1 N–H and O–H groups in total. The maximum Gasteiger partial charge on any atom is 0.293 e. The molecule has 0 unspecified atom stereocenters. The van der Waals surface area contributed by atoms with Gasteiger partial charge in [0.15, 0.2) is 0 Å². The van der Waals surface area contributed by atoms with Crippen LogP contribution in [0.15, 0.2) is 36.5 Å². The topological polar surface area (TPSA) is 55.0 Å². The molecule has 4 heteroatoms. The number of hydrogen-bond donors (Lipinski definition) is 1. The molecule has 2 rings (SSSR count). The molecule has 0 saturated carbocycles. The van der Waals surface area contributed by atoms with Crippen LogP contribution in [-0.2, 0) is 16.0 Å². The molecular formula is C12H12N2O2. The lowest BCUT2D eigenvalue weighted by atomic mass is 10.1. The molecule has 0 aliphatic heterocycles. The van der Waals surface area contributed by atoms with E-state index in [1.807, 2.05) is 30.3 Å². The van der Waals surface area contributed by atoms with Gasteiger partial charge >= 0.3 is 0 Å². The molecule has 0 fully saturated rings. The summed E-state index contributed by atoms with van der Waals surface area (Å²) in [5, 5.41) is 6.96. The highest BCUT2D eigenvalue weighted by Gasteiger charge is 2.06. The quantitative estimate of drug-likeness (QED) is 0.612. The monoisotopic (exact) mass is 216 g/mol. The van der Waals surface area contributed by atoms with Gasteiger partial charge in [0, 0.05) is 12.0 Å². The summed E-state index contributed by atoms with van der Waals surface area (Å²) in [6, 6.07) is 9.94. The van der Waals surface area contributed by atoms with Gasteiger partial charge < -0.3 is 4.74 Å². The normalized spacial score (nSPS) is 10.0. The first kappa shape index (κ1) is 10.4. The highest BCUT2D eigenvalue weighted by molar-refractivity contribution is 5.62. The summed E-state index contributed by atoms with van der Waals surface area (Å²) in [7, 11) is 0. The van der Waals surface area contributed by atoms with Crippen LogP contribution in [0.3, 0.4) is 0 Å². The first-order chi connectivity index (χ1) is 7.92. The lowest BCUT2D eigenvalue weighted by Gasteiger charge is -2.02. The van der Waals surface area contributed by atoms with Gasteiger partial charge in [0.1, 0.15) is 0 Å². The number of aromatic amines is 1. The summed E-state index contributed by atoms with van der Waals surface area (Å²) in [4.78, 5) is 10.0. The zero-order chi connectivity index (χ0) is 11.2. The summed E-state index contributed by atoms with van der Waals surface area (Å²) >= 11 is 0. The van der Waals surface area contributed by atoms with Crippen LogP contribution in [0.25, 0.3) is 11.3 Å². The van der Waals surface area contributed by atoms with E-state index in [4.69, 9.17) is 0 Å². The number of carbonyl (C=O) groups excluding carboxylic acids is 1. The van der Waals surface area contributed by atoms with Crippen LogP contribution < -0.4 is 0 Å². The molecular weight excluding hydrogens is 204 g/mol. The fourth-order valence-electron chi connectivity index (χ4n) is 1.57. The Balaban J connectivity index is 2.16. The number of benzene rings is 1. The highest BCUT2D eigenvalue weighted by Crippen LogP contribution is 2.20. The fourth-order valence-corrected chi connectivity index (χ4v) is 1.57. The first-order valence-electron chi connectivity index (χ1n) is 5.04. The average Bonchev–Trinajstić information content (AvgIpc) is 2.79. The number of nitrogens with zero attached hydrogens (tertiary/aromatic N) is 1. The van der Waals surface area contributed by atoms with Crippen LogP contribution in [-0.4, -0.2) is 23.3 Å². The van der Waals surface area contributed by atoms with E-state index < -0.39 is 0 Å². The first-order valence-corrected chi connectivity index (χ1v) is 5.04. The van der Waals surface area contributed by atoms with Crippen molar-refractivity contribution >= 4 is 6.47 Å². The molecule has 2 aromatic rings. The molecule has 0 saturated heterocycles. The molecule has 0 atom stereocenters. The molecule has 1 aromatic heterocycles. The van der Waals surface area contributed by atoms with Crippen LogP contribution in [0, 0.1) is 0 Å². The van der Waals surface area contributed by atoms with Gasteiger partial charge in [-0.3, -0.25) is 9.89 Å². The lowest BCUT2D eigenvalue weighted by Crippen LogP contribution is -1.97. The minimum absolute atomic E-state index is 0.378. The van der Waals surface area contributed by atoms with Gasteiger partial charge in [0.25, 0.3) is 6.47 Å². The van der Waals surface area contributed by atoms with Gasteiger partial charge in [0.2, 0.25) is 0 Å². The van der Waals surface area contributed by atoms with Crippen LogP contribution in [0.2, 0.25) is 0 Å². The third-order valence-electron chi connectivity index (χ3n) is 2.34. The Labute approximate surface area is 93.3 Å². The minimum Gasteiger partial charge on any atom is -0.468 e. The van der Waals surface area contributed by atoms with Crippen molar-refractivity contribution in [2.24, 2.45) is 0 Å². The van der Waals surface area contributed by atoms with Crippen molar-refractivity contribution < 1.29 is 9.53 Å². The smallest absolute Gasteiger partial charge is 0.293 e. The predicted octanol–water partition coefficient (Wildman–Crippen LogP) is 1.79. The molecule has 4 nitrogen and oxygen atoms in total. The Morgan fingerprint density at radius 2 is 2.12 bits per heavy atom. The van der Waals surface area contributed by atoms with Crippen molar-refractivity contribution in [2.75, 3.05) is 6.61 Å². The summed E-state index contributed by atoms with van der Waals surface area (Å²) in [6.07, 6.45) is 2.43. The molecule has 0 aliphatic carbocycles. The van der Waals surface area contributed by atoms with Crippen LogP contribution >= 0.6 is 0 Å². The van der Waals surface area contributed by atoms with E-state index in [1.54, 1.807) is 6.20 Å². The Morgan fingerprint density at radius 1 is 1.31 bits per heavy atom. The fraction of sp³-hybridized carbons (Fsp3) is 0.167. The molecule has 0 radical (unpaired) electrons. The van der Waals surface area contributed by atoms with Crippen molar-refractivity contribution in [1.29, 1.82) is 0 Å². The second kappa shape index (κ2) is 5.11. The summed E-state index contributed by atoms with van der Waals surface area (Å²) < 4.78 is 4.68. The van der Waals surface area contributed by atoms with E-state index in [0.717, 1.165) is 16.8 Å². The van der Waals surface area contributed by atoms with E-state index in [-0.39, 0.29) is 0 Å². The number of hydrogen-bond acceptors (Lipinski definition) is 3. The molecule has 1 heterocycles. The van der Waals surface area contributed by atoms with Crippen molar-refractivity contribution in [3.05, 3.63) is 42.1 Å². The largest absolute Gasteiger partial charge is 0.468 e. The van der Waals surface area contributed by atoms with Gasteiger partial charge in [-0.2, -0.15) is 5.10 Å². The third-order valence-corrected chi connectivity index (χ3v) is 2.34. The van der Waals surface area contributed by atoms with Crippen molar-refractivity contribution in [2.45, 2.75) is 6.42 Å². The standard InChI is InChI=1S/C12H12N2O2/c15-9-16-7-6-11-8-13-14-12(11)10-4-2-1-3-5-10/h1-5,8-9H,6-7H2,(H,13,14). The van der Waals surface area contributed by atoms with Crippen molar-refractivity contribution in [3.8, 4) is 11.3 Å².